The molecule has 0 aliphatic rings. The zero-order valence-electron chi connectivity index (χ0n) is 15.4. The van der Waals surface area contributed by atoms with Crippen LogP contribution in [0.1, 0.15) is 34.6 Å². The Hall–Kier alpha value is -3.34. The Morgan fingerprint density at radius 1 is 1.04 bits per heavy atom. The molecule has 0 aliphatic heterocycles. The van der Waals surface area contributed by atoms with Gasteiger partial charge in [0.05, 0.1) is 12.8 Å². The van der Waals surface area contributed by atoms with Crippen LogP contribution in [0.4, 0.5) is 0 Å². The van der Waals surface area contributed by atoms with Crippen LogP contribution >= 0.6 is 0 Å². The first-order valence-corrected chi connectivity index (χ1v) is 8.77. The highest BCUT2D eigenvalue weighted by Gasteiger charge is 2.20. The quantitative estimate of drug-likeness (QED) is 0.653. The summed E-state index contributed by atoms with van der Waals surface area (Å²) in [6, 6.07) is 19.6. The predicted molar refractivity (Wildman–Crippen MR) is 104 cm³/mol. The summed E-state index contributed by atoms with van der Waals surface area (Å²) in [5, 5.41) is 2.92. The molecular formula is C22H22N2O3. The van der Waals surface area contributed by atoms with Crippen LogP contribution in [-0.2, 0) is 11.3 Å². The molecule has 0 unspecified atom stereocenters. The average molecular weight is 362 g/mol. The molecule has 27 heavy (non-hydrogen) atoms. The number of amides is 1. The number of carbonyl (C=O) groups excluding carboxylic acids is 2. The Balaban J connectivity index is 1.70. The summed E-state index contributed by atoms with van der Waals surface area (Å²) in [5.74, 6) is 0.486. The van der Waals surface area contributed by atoms with Gasteiger partial charge in [0, 0.05) is 18.3 Å². The summed E-state index contributed by atoms with van der Waals surface area (Å²) in [7, 11) is 1.61. The minimum atomic E-state index is -0.506. The summed E-state index contributed by atoms with van der Waals surface area (Å²) in [6.45, 7) is 2.17. The summed E-state index contributed by atoms with van der Waals surface area (Å²) in [4.78, 5) is 25.3. The van der Waals surface area contributed by atoms with E-state index in [4.69, 9.17) is 4.74 Å². The lowest BCUT2D eigenvalue weighted by Gasteiger charge is -2.17. The van der Waals surface area contributed by atoms with Gasteiger partial charge in [0.25, 0.3) is 0 Å². The smallest absolute Gasteiger partial charge is 0.243 e. The van der Waals surface area contributed by atoms with Crippen molar-refractivity contribution in [1.29, 1.82) is 0 Å². The van der Waals surface area contributed by atoms with Crippen LogP contribution < -0.4 is 10.1 Å². The van der Waals surface area contributed by atoms with Crippen molar-refractivity contribution in [3.8, 4) is 5.75 Å². The van der Waals surface area contributed by atoms with E-state index in [1.54, 1.807) is 49.1 Å². The first-order valence-electron chi connectivity index (χ1n) is 8.77. The fourth-order valence-corrected chi connectivity index (χ4v) is 2.91. The maximum absolute atomic E-state index is 12.7. The van der Waals surface area contributed by atoms with E-state index in [9.17, 15) is 9.59 Å². The van der Waals surface area contributed by atoms with Gasteiger partial charge < -0.3 is 14.6 Å². The molecule has 1 amide bonds. The van der Waals surface area contributed by atoms with Crippen LogP contribution in [-0.4, -0.2) is 23.4 Å². The number of carbonyl (C=O) groups is 2. The van der Waals surface area contributed by atoms with Crippen molar-refractivity contribution >= 4 is 11.7 Å². The van der Waals surface area contributed by atoms with Crippen LogP contribution in [0.2, 0.25) is 0 Å². The van der Waals surface area contributed by atoms with E-state index in [1.807, 2.05) is 42.5 Å². The molecule has 0 spiro atoms. The Labute approximate surface area is 158 Å². The van der Waals surface area contributed by atoms with Gasteiger partial charge in [0.15, 0.2) is 0 Å². The molecule has 1 atom stereocenters. The van der Waals surface area contributed by atoms with E-state index in [2.05, 4.69) is 5.32 Å². The summed E-state index contributed by atoms with van der Waals surface area (Å²) >= 11 is 0. The van der Waals surface area contributed by atoms with Crippen molar-refractivity contribution in [2.24, 2.45) is 0 Å². The number of ether oxygens (including phenoxy) is 1. The van der Waals surface area contributed by atoms with Crippen LogP contribution in [0, 0.1) is 0 Å². The largest absolute Gasteiger partial charge is 0.497 e. The van der Waals surface area contributed by atoms with Crippen LogP contribution in [0.15, 0.2) is 72.9 Å². The zero-order valence-corrected chi connectivity index (χ0v) is 15.4. The SMILES string of the molecule is COc1cccc(CNC(=O)[C@@H](C)n2cccc2C(=O)c2ccccc2)c1. The lowest BCUT2D eigenvalue weighted by atomic mass is 10.1. The molecule has 5 nitrogen and oxygen atoms in total. The van der Waals surface area contributed by atoms with Gasteiger partial charge in [-0.15, -0.1) is 0 Å². The Kier molecular flexibility index (Phi) is 5.71. The minimum Gasteiger partial charge on any atom is -0.497 e. The van der Waals surface area contributed by atoms with Gasteiger partial charge in [0.1, 0.15) is 11.8 Å². The van der Waals surface area contributed by atoms with Crippen molar-refractivity contribution in [2.45, 2.75) is 19.5 Å². The van der Waals surface area contributed by atoms with Crippen LogP contribution in [0.5, 0.6) is 5.75 Å². The normalized spacial score (nSPS) is 11.6. The highest BCUT2D eigenvalue weighted by molar-refractivity contribution is 6.08. The third-order valence-corrected chi connectivity index (χ3v) is 4.45. The van der Waals surface area contributed by atoms with E-state index >= 15 is 0 Å². The lowest BCUT2D eigenvalue weighted by molar-refractivity contribution is -0.124. The number of nitrogens with one attached hydrogen (secondary N) is 1. The molecule has 5 heteroatoms. The molecule has 3 rings (SSSR count). The molecule has 3 aromatic rings. The molecule has 1 N–H and O–H groups in total. The van der Waals surface area contributed by atoms with E-state index < -0.39 is 6.04 Å². The maximum Gasteiger partial charge on any atom is 0.243 e. The summed E-state index contributed by atoms with van der Waals surface area (Å²) < 4.78 is 6.90. The Bertz CT molecular complexity index is 931. The zero-order chi connectivity index (χ0) is 19.2. The summed E-state index contributed by atoms with van der Waals surface area (Å²) in [6.07, 6.45) is 1.76. The number of nitrogens with zero attached hydrogens (tertiary/aromatic N) is 1. The van der Waals surface area contributed by atoms with E-state index in [0.717, 1.165) is 11.3 Å². The fraction of sp³-hybridized carbons (Fsp3) is 0.182. The van der Waals surface area contributed by atoms with Gasteiger partial charge in [-0.2, -0.15) is 0 Å². The van der Waals surface area contributed by atoms with Crippen molar-refractivity contribution in [2.75, 3.05) is 7.11 Å². The van der Waals surface area contributed by atoms with Crippen LogP contribution in [0.3, 0.4) is 0 Å². The molecule has 1 aromatic heterocycles. The monoisotopic (exact) mass is 362 g/mol. The van der Waals surface area contributed by atoms with Crippen molar-refractivity contribution in [3.05, 3.63) is 89.7 Å². The highest BCUT2D eigenvalue weighted by atomic mass is 16.5. The standard InChI is InChI=1S/C22H22N2O3/c1-16(22(26)23-15-17-8-6-11-19(14-17)27-2)24-13-7-12-20(24)21(25)18-9-4-3-5-10-18/h3-14,16H,15H2,1-2H3,(H,23,26)/t16-/m1/s1. The molecule has 0 fully saturated rings. The van der Waals surface area contributed by atoms with Gasteiger partial charge >= 0.3 is 0 Å². The second-order valence-corrected chi connectivity index (χ2v) is 6.24. The second-order valence-electron chi connectivity index (χ2n) is 6.24. The molecule has 0 radical (unpaired) electrons. The number of ketones is 1. The predicted octanol–water partition coefficient (Wildman–Crippen LogP) is 3.61. The highest BCUT2D eigenvalue weighted by Crippen LogP contribution is 2.17. The van der Waals surface area contributed by atoms with Gasteiger partial charge in [0.2, 0.25) is 11.7 Å². The molecule has 2 aromatic carbocycles. The molecule has 0 saturated heterocycles. The van der Waals surface area contributed by atoms with Crippen LogP contribution in [0.25, 0.3) is 0 Å². The molecule has 0 aliphatic carbocycles. The molecule has 138 valence electrons. The number of methoxy groups -OCH3 is 1. The molecule has 0 bridgehead atoms. The van der Waals surface area contributed by atoms with E-state index in [1.165, 1.54) is 0 Å². The van der Waals surface area contributed by atoms with Gasteiger partial charge in [-0.1, -0.05) is 42.5 Å². The Morgan fingerprint density at radius 3 is 2.56 bits per heavy atom. The molecule has 0 saturated carbocycles. The lowest BCUT2D eigenvalue weighted by Crippen LogP contribution is -2.31. The van der Waals surface area contributed by atoms with E-state index in [0.29, 0.717) is 17.8 Å². The van der Waals surface area contributed by atoms with Gasteiger partial charge in [-0.25, -0.2) is 0 Å². The number of hydrogen-bond acceptors (Lipinski definition) is 3. The van der Waals surface area contributed by atoms with Crippen molar-refractivity contribution in [3.63, 3.8) is 0 Å². The molecular weight excluding hydrogens is 340 g/mol. The first kappa shape index (κ1) is 18.5. The maximum atomic E-state index is 12.7. The Morgan fingerprint density at radius 2 is 1.81 bits per heavy atom. The number of aromatic nitrogens is 1. The number of rotatable bonds is 7. The number of hydrogen-bond donors (Lipinski definition) is 1. The third-order valence-electron chi connectivity index (χ3n) is 4.45. The van der Waals surface area contributed by atoms with Crippen molar-refractivity contribution in [1.82, 2.24) is 9.88 Å². The average Bonchev–Trinajstić information content (AvgIpc) is 3.21. The topological polar surface area (TPSA) is 60.3 Å². The second kappa shape index (κ2) is 8.36. The van der Waals surface area contributed by atoms with E-state index in [-0.39, 0.29) is 11.7 Å². The third kappa shape index (κ3) is 4.26. The fourth-order valence-electron chi connectivity index (χ4n) is 2.91. The summed E-state index contributed by atoms with van der Waals surface area (Å²) in [5.41, 5.74) is 2.04. The first-order chi connectivity index (χ1) is 13.1. The van der Waals surface area contributed by atoms with Gasteiger partial charge in [-0.05, 0) is 36.8 Å². The number of benzene rings is 2. The molecule has 1 heterocycles. The minimum absolute atomic E-state index is 0.104. The van der Waals surface area contributed by atoms with Gasteiger partial charge in [-0.3, -0.25) is 9.59 Å². The van der Waals surface area contributed by atoms with Crippen molar-refractivity contribution < 1.29 is 14.3 Å².